The van der Waals surface area contributed by atoms with Crippen molar-refractivity contribution in [3.05, 3.63) is 29.3 Å². The van der Waals surface area contributed by atoms with Crippen molar-refractivity contribution >= 4 is 11.3 Å². The SMILES string of the molecule is [CH2]CCCCOCCCCCc1cccs1. The van der Waals surface area contributed by atoms with E-state index in [1.165, 1.54) is 43.4 Å². The van der Waals surface area contributed by atoms with Crippen LogP contribution in [0.15, 0.2) is 17.5 Å². The van der Waals surface area contributed by atoms with E-state index in [0.29, 0.717) is 0 Å². The molecule has 1 radical (unpaired) electrons. The summed E-state index contributed by atoms with van der Waals surface area (Å²) in [5.41, 5.74) is 0. The topological polar surface area (TPSA) is 9.23 Å². The van der Waals surface area contributed by atoms with Gasteiger partial charge in [0.1, 0.15) is 0 Å². The maximum atomic E-state index is 5.55. The molecule has 1 rings (SSSR count). The normalized spacial score (nSPS) is 10.8. The molecule has 0 atom stereocenters. The zero-order chi connectivity index (χ0) is 11.5. The molecular formula is C14H23OS. The number of rotatable bonds is 10. The molecule has 0 N–H and O–H groups in total. The summed E-state index contributed by atoms with van der Waals surface area (Å²) in [5.74, 6) is 0. The maximum Gasteiger partial charge on any atom is 0.0466 e. The molecule has 0 unspecified atom stereocenters. The number of aryl methyl sites for hydroxylation is 1. The number of hydrogen-bond donors (Lipinski definition) is 0. The predicted octanol–water partition coefficient (Wildman–Crippen LogP) is 4.48. The van der Waals surface area contributed by atoms with E-state index in [1.807, 2.05) is 11.3 Å². The lowest BCUT2D eigenvalue weighted by Crippen LogP contribution is -1.97. The minimum Gasteiger partial charge on any atom is -0.381 e. The van der Waals surface area contributed by atoms with Crippen LogP contribution in [0.1, 0.15) is 43.4 Å². The van der Waals surface area contributed by atoms with Crippen molar-refractivity contribution in [1.82, 2.24) is 0 Å². The van der Waals surface area contributed by atoms with Crippen LogP contribution in [-0.4, -0.2) is 13.2 Å². The molecule has 1 aromatic heterocycles. The monoisotopic (exact) mass is 239 g/mol. The average molecular weight is 239 g/mol. The van der Waals surface area contributed by atoms with Gasteiger partial charge < -0.3 is 4.74 Å². The summed E-state index contributed by atoms with van der Waals surface area (Å²) in [6, 6.07) is 4.35. The van der Waals surface area contributed by atoms with Crippen molar-refractivity contribution in [3.8, 4) is 0 Å². The third kappa shape index (κ3) is 7.02. The van der Waals surface area contributed by atoms with Crippen LogP contribution >= 0.6 is 11.3 Å². The second kappa shape index (κ2) is 9.86. The lowest BCUT2D eigenvalue weighted by molar-refractivity contribution is 0.126. The second-order valence-electron chi connectivity index (χ2n) is 4.06. The molecule has 1 heterocycles. The van der Waals surface area contributed by atoms with Gasteiger partial charge in [0.05, 0.1) is 0 Å². The van der Waals surface area contributed by atoms with Gasteiger partial charge in [-0.25, -0.2) is 0 Å². The quantitative estimate of drug-likeness (QED) is 0.547. The van der Waals surface area contributed by atoms with Gasteiger partial charge in [0.2, 0.25) is 0 Å². The van der Waals surface area contributed by atoms with Gasteiger partial charge in [0.25, 0.3) is 0 Å². The smallest absolute Gasteiger partial charge is 0.0466 e. The third-order valence-corrected chi connectivity index (χ3v) is 3.52. The zero-order valence-electron chi connectivity index (χ0n) is 10.1. The minimum absolute atomic E-state index is 0.917. The first-order chi connectivity index (χ1) is 7.93. The van der Waals surface area contributed by atoms with Crippen LogP contribution in [0.2, 0.25) is 0 Å². The van der Waals surface area contributed by atoms with E-state index < -0.39 is 0 Å². The highest BCUT2D eigenvalue weighted by Gasteiger charge is 1.94. The van der Waals surface area contributed by atoms with Gasteiger partial charge in [-0.3, -0.25) is 0 Å². The van der Waals surface area contributed by atoms with Crippen LogP contribution in [0, 0.1) is 6.92 Å². The summed E-state index contributed by atoms with van der Waals surface area (Å²) < 4.78 is 5.55. The summed E-state index contributed by atoms with van der Waals surface area (Å²) in [7, 11) is 0. The minimum atomic E-state index is 0.917. The molecule has 1 aromatic rings. The van der Waals surface area contributed by atoms with Crippen molar-refractivity contribution in [2.45, 2.75) is 44.9 Å². The van der Waals surface area contributed by atoms with Crippen LogP contribution in [0.5, 0.6) is 0 Å². The molecule has 1 nitrogen and oxygen atoms in total. The second-order valence-corrected chi connectivity index (χ2v) is 5.10. The van der Waals surface area contributed by atoms with Crippen molar-refractivity contribution in [2.24, 2.45) is 0 Å². The van der Waals surface area contributed by atoms with Crippen LogP contribution in [0.3, 0.4) is 0 Å². The molecular weight excluding hydrogens is 216 g/mol. The Morgan fingerprint density at radius 1 is 1.06 bits per heavy atom. The molecule has 91 valence electrons. The third-order valence-electron chi connectivity index (χ3n) is 2.58. The van der Waals surface area contributed by atoms with Gasteiger partial charge in [-0.2, -0.15) is 0 Å². The van der Waals surface area contributed by atoms with E-state index in [-0.39, 0.29) is 0 Å². The Morgan fingerprint density at radius 3 is 2.56 bits per heavy atom. The maximum absolute atomic E-state index is 5.55. The van der Waals surface area contributed by atoms with E-state index in [1.54, 1.807) is 0 Å². The Labute approximate surface area is 104 Å². The predicted molar refractivity (Wildman–Crippen MR) is 71.9 cm³/mol. The van der Waals surface area contributed by atoms with Crippen LogP contribution in [0.4, 0.5) is 0 Å². The highest BCUT2D eigenvalue weighted by atomic mass is 32.1. The highest BCUT2D eigenvalue weighted by Crippen LogP contribution is 2.12. The summed E-state index contributed by atoms with van der Waals surface area (Å²) >= 11 is 1.86. The van der Waals surface area contributed by atoms with Crippen LogP contribution in [0.25, 0.3) is 0 Å². The lowest BCUT2D eigenvalue weighted by Gasteiger charge is -2.03. The van der Waals surface area contributed by atoms with Crippen molar-refractivity contribution in [1.29, 1.82) is 0 Å². The molecule has 2 heteroatoms. The van der Waals surface area contributed by atoms with Crippen LogP contribution in [-0.2, 0) is 11.2 Å². The molecule has 0 saturated heterocycles. The largest absolute Gasteiger partial charge is 0.381 e. The molecule has 0 saturated carbocycles. The molecule has 0 fully saturated rings. The fourth-order valence-corrected chi connectivity index (χ4v) is 2.37. The molecule has 0 bridgehead atoms. The van der Waals surface area contributed by atoms with Gasteiger partial charge >= 0.3 is 0 Å². The Kier molecular flexibility index (Phi) is 8.45. The van der Waals surface area contributed by atoms with Crippen LogP contribution < -0.4 is 0 Å². The molecule has 0 spiro atoms. The van der Waals surface area contributed by atoms with E-state index in [0.717, 1.165) is 19.6 Å². The first kappa shape index (κ1) is 13.7. The summed E-state index contributed by atoms with van der Waals surface area (Å²) in [6.45, 7) is 5.66. The molecule has 0 aliphatic rings. The van der Waals surface area contributed by atoms with E-state index >= 15 is 0 Å². The fraction of sp³-hybridized carbons (Fsp3) is 0.643. The van der Waals surface area contributed by atoms with Gasteiger partial charge in [-0.05, 0) is 37.1 Å². The van der Waals surface area contributed by atoms with Crippen molar-refractivity contribution < 1.29 is 4.74 Å². The Bertz CT molecular complexity index is 231. The molecule has 0 amide bonds. The summed E-state index contributed by atoms with van der Waals surface area (Å²) in [5, 5.41) is 2.15. The zero-order valence-corrected chi connectivity index (χ0v) is 10.9. The summed E-state index contributed by atoms with van der Waals surface area (Å²) in [4.78, 5) is 1.51. The van der Waals surface area contributed by atoms with E-state index in [4.69, 9.17) is 4.74 Å². The van der Waals surface area contributed by atoms with Gasteiger partial charge in [-0.15, -0.1) is 11.3 Å². The lowest BCUT2D eigenvalue weighted by atomic mass is 10.2. The molecule has 0 aliphatic heterocycles. The highest BCUT2D eigenvalue weighted by molar-refractivity contribution is 7.09. The number of unbranched alkanes of at least 4 members (excludes halogenated alkanes) is 4. The molecule has 0 aliphatic carbocycles. The average Bonchev–Trinajstić information content (AvgIpc) is 2.80. The Morgan fingerprint density at radius 2 is 1.88 bits per heavy atom. The van der Waals surface area contributed by atoms with E-state index in [9.17, 15) is 0 Å². The van der Waals surface area contributed by atoms with Gasteiger partial charge in [0, 0.05) is 18.1 Å². The summed E-state index contributed by atoms with van der Waals surface area (Å²) in [6.07, 6.45) is 8.41. The number of hydrogen-bond acceptors (Lipinski definition) is 2. The standard InChI is InChI=1S/C14H23OS/c1-2-3-6-11-15-12-7-4-5-9-14-10-8-13-16-14/h8,10,13H,1-7,9,11-12H2. The van der Waals surface area contributed by atoms with Crippen molar-refractivity contribution in [2.75, 3.05) is 13.2 Å². The van der Waals surface area contributed by atoms with E-state index in [2.05, 4.69) is 24.4 Å². The molecule has 16 heavy (non-hydrogen) atoms. The van der Waals surface area contributed by atoms with Gasteiger partial charge in [-0.1, -0.05) is 32.3 Å². The first-order valence-electron chi connectivity index (χ1n) is 6.33. The Hall–Kier alpha value is -0.340. The van der Waals surface area contributed by atoms with Crippen molar-refractivity contribution in [3.63, 3.8) is 0 Å². The van der Waals surface area contributed by atoms with Gasteiger partial charge in [0.15, 0.2) is 0 Å². The Balaban J connectivity index is 1.78. The number of thiophene rings is 1. The fourth-order valence-electron chi connectivity index (χ4n) is 1.62. The first-order valence-corrected chi connectivity index (χ1v) is 7.21. The molecule has 0 aromatic carbocycles. The number of ether oxygens (including phenoxy) is 1.